The van der Waals surface area contributed by atoms with Crippen LogP contribution in [0, 0.1) is 5.82 Å². The normalized spacial score (nSPS) is 11.8. The number of hydrogen-bond acceptors (Lipinski definition) is 4. The lowest BCUT2D eigenvalue weighted by molar-refractivity contribution is -0.117. The fourth-order valence-corrected chi connectivity index (χ4v) is 1.62. The van der Waals surface area contributed by atoms with E-state index in [1.165, 1.54) is 12.1 Å². The third kappa shape index (κ3) is 4.54. The molecule has 1 atom stereocenters. The van der Waals surface area contributed by atoms with Crippen LogP contribution in [-0.4, -0.2) is 16.9 Å². The molecule has 0 saturated heterocycles. The molecule has 1 aromatic heterocycles. The van der Waals surface area contributed by atoms with E-state index in [-0.39, 0.29) is 11.7 Å². The Labute approximate surface area is 122 Å². The first kappa shape index (κ1) is 14.9. The van der Waals surface area contributed by atoms with Crippen LogP contribution < -0.4 is 16.4 Å². The van der Waals surface area contributed by atoms with E-state index in [9.17, 15) is 9.18 Å². The molecule has 4 N–H and O–H groups in total. The number of benzene rings is 1. The fraction of sp³-hybridized carbons (Fsp3) is 0.200. The Kier molecular flexibility index (Phi) is 4.84. The van der Waals surface area contributed by atoms with Crippen molar-refractivity contribution >= 4 is 17.4 Å². The number of carbonyl (C=O) groups is 1. The van der Waals surface area contributed by atoms with Crippen LogP contribution in [0.2, 0.25) is 0 Å². The van der Waals surface area contributed by atoms with E-state index in [0.717, 1.165) is 11.3 Å². The number of pyridine rings is 1. The van der Waals surface area contributed by atoms with Crippen LogP contribution in [0.4, 0.5) is 15.9 Å². The molecule has 0 aliphatic heterocycles. The zero-order valence-corrected chi connectivity index (χ0v) is 11.6. The molecular formula is C15H17FN4O. The van der Waals surface area contributed by atoms with Gasteiger partial charge in [-0.25, -0.2) is 9.37 Å². The van der Waals surface area contributed by atoms with Gasteiger partial charge in [0.05, 0.1) is 17.9 Å². The summed E-state index contributed by atoms with van der Waals surface area (Å²) in [5.74, 6) is -0.0891. The van der Waals surface area contributed by atoms with Gasteiger partial charge in [0.1, 0.15) is 11.6 Å². The predicted molar refractivity (Wildman–Crippen MR) is 80.2 cm³/mol. The maximum absolute atomic E-state index is 12.8. The van der Waals surface area contributed by atoms with Crippen molar-refractivity contribution in [2.45, 2.75) is 19.5 Å². The van der Waals surface area contributed by atoms with Crippen LogP contribution in [0.3, 0.4) is 0 Å². The van der Waals surface area contributed by atoms with E-state index in [4.69, 9.17) is 5.73 Å². The smallest absolute Gasteiger partial charge is 0.242 e. The van der Waals surface area contributed by atoms with Gasteiger partial charge in [0.15, 0.2) is 0 Å². The molecule has 0 fully saturated rings. The SMILES string of the molecule is CC(N)C(=O)Nc1ccc(NCc2ccc(F)cc2)cn1. The summed E-state index contributed by atoms with van der Waals surface area (Å²) in [5.41, 5.74) is 7.22. The van der Waals surface area contributed by atoms with Gasteiger partial charge in [-0.3, -0.25) is 4.79 Å². The van der Waals surface area contributed by atoms with Crippen molar-refractivity contribution in [2.75, 3.05) is 10.6 Å². The lowest BCUT2D eigenvalue weighted by Crippen LogP contribution is -2.32. The van der Waals surface area contributed by atoms with E-state index in [0.29, 0.717) is 12.4 Å². The first-order valence-corrected chi connectivity index (χ1v) is 6.55. The summed E-state index contributed by atoms with van der Waals surface area (Å²) >= 11 is 0. The molecule has 1 aromatic carbocycles. The molecule has 0 bridgehead atoms. The van der Waals surface area contributed by atoms with Crippen LogP contribution in [0.25, 0.3) is 0 Å². The number of nitrogens with one attached hydrogen (secondary N) is 2. The van der Waals surface area contributed by atoms with Gasteiger partial charge in [-0.1, -0.05) is 12.1 Å². The Morgan fingerprint density at radius 3 is 2.57 bits per heavy atom. The fourth-order valence-electron chi connectivity index (χ4n) is 1.62. The Hall–Kier alpha value is -2.47. The van der Waals surface area contributed by atoms with Crippen molar-refractivity contribution < 1.29 is 9.18 Å². The summed E-state index contributed by atoms with van der Waals surface area (Å²) in [5, 5.41) is 5.77. The van der Waals surface area contributed by atoms with Crippen molar-refractivity contribution in [3.8, 4) is 0 Å². The Morgan fingerprint density at radius 2 is 2.00 bits per heavy atom. The highest BCUT2D eigenvalue weighted by Crippen LogP contribution is 2.12. The number of hydrogen-bond donors (Lipinski definition) is 3. The zero-order valence-electron chi connectivity index (χ0n) is 11.6. The second-order valence-electron chi connectivity index (χ2n) is 4.69. The van der Waals surface area contributed by atoms with Crippen molar-refractivity contribution in [2.24, 2.45) is 5.73 Å². The molecule has 5 nitrogen and oxygen atoms in total. The summed E-state index contributed by atoms with van der Waals surface area (Å²) < 4.78 is 12.8. The minimum Gasteiger partial charge on any atom is -0.380 e. The quantitative estimate of drug-likeness (QED) is 0.787. The standard InChI is InChI=1S/C15H17FN4O/c1-10(17)15(21)20-14-7-6-13(9-19-14)18-8-11-2-4-12(16)5-3-11/h2-7,9-10,18H,8,17H2,1H3,(H,19,20,21). The predicted octanol–water partition coefficient (Wildman–Crippen LogP) is 2.12. The van der Waals surface area contributed by atoms with Crippen molar-refractivity contribution in [3.63, 3.8) is 0 Å². The number of anilines is 2. The molecule has 110 valence electrons. The van der Waals surface area contributed by atoms with Gasteiger partial charge in [-0.05, 0) is 36.8 Å². The second-order valence-corrected chi connectivity index (χ2v) is 4.69. The summed E-state index contributed by atoms with van der Waals surface area (Å²) in [6.07, 6.45) is 1.61. The van der Waals surface area contributed by atoms with Gasteiger partial charge in [0.25, 0.3) is 0 Å². The highest BCUT2D eigenvalue weighted by molar-refractivity contribution is 5.93. The van der Waals surface area contributed by atoms with E-state index in [1.807, 2.05) is 0 Å². The van der Waals surface area contributed by atoms with Gasteiger partial charge < -0.3 is 16.4 Å². The number of nitrogens with zero attached hydrogens (tertiary/aromatic N) is 1. The van der Waals surface area contributed by atoms with Crippen LogP contribution in [0.1, 0.15) is 12.5 Å². The average molecular weight is 288 g/mol. The maximum atomic E-state index is 12.8. The lowest BCUT2D eigenvalue weighted by Gasteiger charge is -2.09. The molecule has 0 radical (unpaired) electrons. The van der Waals surface area contributed by atoms with Crippen LogP contribution in [-0.2, 0) is 11.3 Å². The van der Waals surface area contributed by atoms with Gasteiger partial charge in [0.2, 0.25) is 5.91 Å². The Balaban J connectivity index is 1.90. The Morgan fingerprint density at radius 1 is 1.29 bits per heavy atom. The average Bonchev–Trinajstić information content (AvgIpc) is 2.48. The van der Waals surface area contributed by atoms with E-state index >= 15 is 0 Å². The molecule has 2 aromatic rings. The summed E-state index contributed by atoms with van der Waals surface area (Å²) in [7, 11) is 0. The monoisotopic (exact) mass is 288 g/mol. The first-order chi connectivity index (χ1) is 10.0. The lowest BCUT2D eigenvalue weighted by atomic mass is 10.2. The molecule has 2 rings (SSSR count). The maximum Gasteiger partial charge on any atom is 0.242 e. The number of nitrogens with two attached hydrogens (primary N) is 1. The molecule has 0 saturated carbocycles. The molecule has 21 heavy (non-hydrogen) atoms. The molecule has 1 heterocycles. The van der Waals surface area contributed by atoms with E-state index < -0.39 is 6.04 Å². The minimum absolute atomic E-state index is 0.255. The van der Waals surface area contributed by atoms with Crippen LogP contribution in [0.15, 0.2) is 42.6 Å². The summed E-state index contributed by atoms with van der Waals surface area (Å²) in [6.45, 7) is 2.17. The van der Waals surface area contributed by atoms with Gasteiger partial charge in [0, 0.05) is 6.54 Å². The number of amides is 1. The molecule has 0 aliphatic carbocycles. The zero-order chi connectivity index (χ0) is 15.2. The molecule has 0 spiro atoms. The number of rotatable bonds is 5. The van der Waals surface area contributed by atoms with E-state index in [2.05, 4.69) is 15.6 Å². The number of halogens is 1. The Bertz CT molecular complexity index is 596. The van der Waals surface area contributed by atoms with Gasteiger partial charge >= 0.3 is 0 Å². The topological polar surface area (TPSA) is 80.0 Å². The highest BCUT2D eigenvalue weighted by atomic mass is 19.1. The minimum atomic E-state index is -0.580. The summed E-state index contributed by atoms with van der Waals surface area (Å²) in [6, 6.07) is 9.17. The van der Waals surface area contributed by atoms with Crippen molar-refractivity contribution in [1.29, 1.82) is 0 Å². The van der Waals surface area contributed by atoms with Crippen molar-refractivity contribution in [3.05, 3.63) is 54.0 Å². The van der Waals surface area contributed by atoms with Crippen molar-refractivity contribution in [1.82, 2.24) is 4.98 Å². The summed E-state index contributed by atoms with van der Waals surface area (Å²) in [4.78, 5) is 15.5. The second kappa shape index (κ2) is 6.81. The van der Waals surface area contributed by atoms with Crippen LogP contribution in [0.5, 0.6) is 0 Å². The van der Waals surface area contributed by atoms with Gasteiger partial charge in [-0.15, -0.1) is 0 Å². The molecule has 0 aliphatic rings. The number of aromatic nitrogens is 1. The third-order valence-corrected chi connectivity index (χ3v) is 2.84. The molecule has 1 unspecified atom stereocenters. The van der Waals surface area contributed by atoms with Crippen LogP contribution >= 0.6 is 0 Å². The first-order valence-electron chi connectivity index (χ1n) is 6.55. The molecule has 6 heteroatoms. The molecule has 1 amide bonds. The highest BCUT2D eigenvalue weighted by Gasteiger charge is 2.07. The molecular weight excluding hydrogens is 271 g/mol. The largest absolute Gasteiger partial charge is 0.380 e. The van der Waals surface area contributed by atoms with E-state index in [1.54, 1.807) is 37.4 Å². The number of carbonyl (C=O) groups excluding carboxylic acids is 1. The third-order valence-electron chi connectivity index (χ3n) is 2.84. The van der Waals surface area contributed by atoms with Gasteiger partial charge in [-0.2, -0.15) is 0 Å².